The average molecular weight is 272 g/mol. The number of aliphatic hydroxyl groups excluding tert-OH is 1. The summed E-state index contributed by atoms with van der Waals surface area (Å²) in [5, 5.41) is 20.6. The van der Waals surface area contributed by atoms with Gasteiger partial charge in [-0.15, -0.1) is 0 Å². The number of carboxylic acid groups (broad SMARTS) is 1. The van der Waals surface area contributed by atoms with Crippen molar-refractivity contribution in [2.24, 2.45) is 11.8 Å². The zero-order chi connectivity index (χ0) is 14.3. The molecule has 1 aliphatic rings. The highest BCUT2D eigenvalue weighted by Crippen LogP contribution is 2.29. The van der Waals surface area contributed by atoms with Crippen molar-refractivity contribution in [3.63, 3.8) is 0 Å². The zero-order valence-electron chi connectivity index (χ0n) is 11.5. The molecule has 2 amide bonds. The van der Waals surface area contributed by atoms with Crippen LogP contribution in [-0.4, -0.2) is 53.9 Å². The van der Waals surface area contributed by atoms with Gasteiger partial charge < -0.3 is 20.4 Å². The lowest BCUT2D eigenvalue weighted by Crippen LogP contribution is -2.43. The fraction of sp³-hybridized carbons (Fsp3) is 0.846. The number of hydrogen-bond donors (Lipinski definition) is 3. The van der Waals surface area contributed by atoms with E-state index in [4.69, 9.17) is 10.2 Å². The molecule has 0 aromatic carbocycles. The van der Waals surface area contributed by atoms with Gasteiger partial charge in [-0.25, -0.2) is 4.79 Å². The largest absolute Gasteiger partial charge is 0.481 e. The highest BCUT2D eigenvalue weighted by molar-refractivity contribution is 5.74. The van der Waals surface area contributed by atoms with Gasteiger partial charge in [-0.3, -0.25) is 4.79 Å². The summed E-state index contributed by atoms with van der Waals surface area (Å²) in [4.78, 5) is 24.4. The van der Waals surface area contributed by atoms with Gasteiger partial charge >= 0.3 is 12.0 Å². The number of nitrogens with one attached hydrogen (secondary N) is 1. The molecular formula is C13H24N2O4. The lowest BCUT2D eigenvalue weighted by Gasteiger charge is -2.29. The first-order chi connectivity index (χ1) is 9.06. The summed E-state index contributed by atoms with van der Waals surface area (Å²) in [6, 6.07) is -0.205. The molecule has 6 nitrogen and oxygen atoms in total. The van der Waals surface area contributed by atoms with Gasteiger partial charge in [-0.2, -0.15) is 0 Å². The minimum atomic E-state index is -0.757. The normalized spacial score (nSPS) is 22.8. The molecule has 19 heavy (non-hydrogen) atoms. The van der Waals surface area contributed by atoms with Gasteiger partial charge in [0.05, 0.1) is 5.92 Å². The van der Waals surface area contributed by atoms with Crippen LogP contribution in [0, 0.1) is 11.8 Å². The minimum Gasteiger partial charge on any atom is -0.481 e. The maximum absolute atomic E-state index is 11.8. The maximum atomic E-state index is 11.8. The summed E-state index contributed by atoms with van der Waals surface area (Å²) < 4.78 is 0. The molecule has 1 fully saturated rings. The van der Waals surface area contributed by atoms with Gasteiger partial charge in [-0.1, -0.05) is 12.8 Å². The summed E-state index contributed by atoms with van der Waals surface area (Å²) in [7, 11) is 1.67. The van der Waals surface area contributed by atoms with Crippen molar-refractivity contribution in [2.75, 3.05) is 26.7 Å². The first kappa shape index (κ1) is 15.8. The van der Waals surface area contributed by atoms with E-state index < -0.39 is 5.97 Å². The minimum absolute atomic E-state index is 0.0291. The monoisotopic (exact) mass is 272 g/mol. The molecule has 2 atom stereocenters. The Kier molecular flexibility index (Phi) is 6.62. The molecule has 0 aromatic rings. The molecule has 0 heterocycles. The Balaban J connectivity index is 2.37. The summed E-state index contributed by atoms with van der Waals surface area (Å²) in [6.07, 6.45) is 4.10. The van der Waals surface area contributed by atoms with E-state index in [1.807, 2.05) is 0 Å². The van der Waals surface area contributed by atoms with Gasteiger partial charge in [-0.05, 0) is 25.2 Å². The average Bonchev–Trinajstić information content (AvgIpc) is 2.42. The van der Waals surface area contributed by atoms with Crippen LogP contribution < -0.4 is 5.32 Å². The molecule has 0 radical (unpaired) electrons. The fourth-order valence-electron chi connectivity index (χ4n) is 2.54. The molecule has 0 aliphatic heterocycles. The number of urea groups is 1. The molecular weight excluding hydrogens is 248 g/mol. The Morgan fingerprint density at radius 3 is 2.63 bits per heavy atom. The van der Waals surface area contributed by atoms with Crippen LogP contribution in [0.25, 0.3) is 0 Å². The van der Waals surface area contributed by atoms with E-state index in [0.29, 0.717) is 25.9 Å². The van der Waals surface area contributed by atoms with Crippen LogP contribution in [-0.2, 0) is 4.79 Å². The summed E-state index contributed by atoms with van der Waals surface area (Å²) >= 11 is 0. The van der Waals surface area contributed by atoms with Gasteiger partial charge in [0, 0.05) is 26.7 Å². The topological polar surface area (TPSA) is 89.9 Å². The van der Waals surface area contributed by atoms with Gasteiger partial charge in [0.2, 0.25) is 0 Å². The van der Waals surface area contributed by atoms with Crippen LogP contribution >= 0.6 is 0 Å². The van der Waals surface area contributed by atoms with Gasteiger partial charge in [0.15, 0.2) is 0 Å². The van der Waals surface area contributed by atoms with E-state index in [-0.39, 0.29) is 24.5 Å². The Hall–Kier alpha value is -1.30. The molecule has 0 aromatic heterocycles. The predicted octanol–water partition coefficient (Wildman–Crippen LogP) is 0.901. The lowest BCUT2D eigenvalue weighted by molar-refractivity contribution is -0.144. The van der Waals surface area contributed by atoms with E-state index in [1.165, 1.54) is 4.90 Å². The van der Waals surface area contributed by atoms with Gasteiger partial charge in [0.25, 0.3) is 0 Å². The molecule has 6 heteroatoms. The summed E-state index contributed by atoms with van der Waals surface area (Å²) in [5.41, 5.74) is 0. The first-order valence-corrected chi connectivity index (χ1v) is 6.89. The standard InChI is InChI=1S/C13H24N2O4/c1-15(7-4-8-16)13(19)14-9-10-5-2-3-6-11(10)12(17)18/h10-11,16H,2-9H2,1H3,(H,14,19)(H,17,18). The quantitative estimate of drug-likeness (QED) is 0.670. The van der Waals surface area contributed by atoms with Crippen molar-refractivity contribution < 1.29 is 19.8 Å². The highest BCUT2D eigenvalue weighted by Gasteiger charge is 2.30. The molecule has 0 saturated heterocycles. The second kappa shape index (κ2) is 7.99. The number of hydrogen-bond acceptors (Lipinski definition) is 3. The molecule has 1 saturated carbocycles. The molecule has 0 bridgehead atoms. The number of nitrogens with zero attached hydrogens (tertiary/aromatic N) is 1. The van der Waals surface area contributed by atoms with Crippen molar-refractivity contribution in [3.05, 3.63) is 0 Å². The van der Waals surface area contributed by atoms with Gasteiger partial charge in [0.1, 0.15) is 0 Å². The fourth-order valence-corrected chi connectivity index (χ4v) is 2.54. The number of aliphatic carboxylic acids is 1. The smallest absolute Gasteiger partial charge is 0.317 e. The van der Waals surface area contributed by atoms with E-state index in [2.05, 4.69) is 5.32 Å². The Bertz CT molecular complexity index is 309. The van der Waals surface area contributed by atoms with Crippen LogP contribution in [0.5, 0.6) is 0 Å². The SMILES string of the molecule is CN(CCCO)C(=O)NCC1CCCCC1C(=O)O. The van der Waals surface area contributed by atoms with Crippen LogP contribution in [0.2, 0.25) is 0 Å². The number of aliphatic hydroxyl groups is 1. The van der Waals surface area contributed by atoms with Crippen LogP contribution in [0.3, 0.4) is 0 Å². The lowest BCUT2D eigenvalue weighted by atomic mass is 9.79. The molecule has 110 valence electrons. The van der Waals surface area contributed by atoms with Crippen LogP contribution in [0.1, 0.15) is 32.1 Å². The van der Waals surface area contributed by atoms with E-state index in [0.717, 1.165) is 19.3 Å². The number of rotatable bonds is 6. The van der Waals surface area contributed by atoms with E-state index in [1.54, 1.807) is 7.05 Å². The summed E-state index contributed by atoms with van der Waals surface area (Å²) in [5.74, 6) is -1.06. The maximum Gasteiger partial charge on any atom is 0.317 e. The van der Waals surface area contributed by atoms with Crippen molar-refractivity contribution in [1.82, 2.24) is 10.2 Å². The second-order valence-corrected chi connectivity index (χ2v) is 5.17. The number of amides is 2. The number of carbonyl (C=O) groups is 2. The Morgan fingerprint density at radius 2 is 2.00 bits per heavy atom. The molecule has 3 N–H and O–H groups in total. The molecule has 1 rings (SSSR count). The van der Waals surface area contributed by atoms with Crippen molar-refractivity contribution in [2.45, 2.75) is 32.1 Å². The zero-order valence-corrected chi connectivity index (χ0v) is 11.5. The van der Waals surface area contributed by atoms with Crippen molar-refractivity contribution >= 4 is 12.0 Å². The molecule has 0 spiro atoms. The number of carboxylic acids is 1. The summed E-state index contributed by atoms with van der Waals surface area (Å²) in [6.45, 7) is 0.968. The Morgan fingerprint density at radius 1 is 1.32 bits per heavy atom. The third-order valence-electron chi connectivity index (χ3n) is 3.74. The Labute approximate surface area is 113 Å². The predicted molar refractivity (Wildman–Crippen MR) is 70.8 cm³/mol. The third kappa shape index (κ3) is 5.06. The second-order valence-electron chi connectivity index (χ2n) is 5.17. The van der Waals surface area contributed by atoms with Crippen molar-refractivity contribution in [1.29, 1.82) is 0 Å². The molecule has 1 aliphatic carbocycles. The third-order valence-corrected chi connectivity index (χ3v) is 3.74. The van der Waals surface area contributed by atoms with Crippen LogP contribution in [0.15, 0.2) is 0 Å². The first-order valence-electron chi connectivity index (χ1n) is 6.89. The van der Waals surface area contributed by atoms with E-state index >= 15 is 0 Å². The van der Waals surface area contributed by atoms with E-state index in [9.17, 15) is 9.59 Å². The molecule has 2 unspecified atom stereocenters. The number of carbonyl (C=O) groups excluding carboxylic acids is 1. The van der Waals surface area contributed by atoms with Crippen LogP contribution in [0.4, 0.5) is 4.79 Å². The highest BCUT2D eigenvalue weighted by atomic mass is 16.4. The van der Waals surface area contributed by atoms with Crippen molar-refractivity contribution in [3.8, 4) is 0 Å².